The number of hydrogen-bond acceptors (Lipinski definition) is 4. The molecular formula is C13H15NO2S2. The fourth-order valence-electron chi connectivity index (χ4n) is 1.79. The van der Waals surface area contributed by atoms with Crippen molar-refractivity contribution in [1.82, 2.24) is 4.57 Å². The molecule has 0 spiro atoms. The number of carbonyl (C=O) groups excluding carboxylic acids is 1. The van der Waals surface area contributed by atoms with Gasteiger partial charge in [0.1, 0.15) is 0 Å². The van der Waals surface area contributed by atoms with Crippen LogP contribution in [0.4, 0.5) is 0 Å². The third-order valence-electron chi connectivity index (χ3n) is 2.84. The summed E-state index contributed by atoms with van der Waals surface area (Å²) in [4.78, 5) is 12.4. The summed E-state index contributed by atoms with van der Waals surface area (Å²) < 4.78 is 7.46. The second kappa shape index (κ2) is 5.63. The molecule has 0 N–H and O–H groups in total. The molecule has 2 rings (SSSR count). The molecule has 0 fully saturated rings. The Labute approximate surface area is 115 Å². The first-order valence-corrected chi connectivity index (χ1v) is 7.01. The normalized spacial score (nSPS) is 17.3. The van der Waals surface area contributed by atoms with Crippen LogP contribution < -0.4 is 0 Å². The van der Waals surface area contributed by atoms with Crippen LogP contribution in [0, 0.1) is 9.87 Å². The van der Waals surface area contributed by atoms with Crippen molar-refractivity contribution in [2.24, 2.45) is 5.92 Å². The molecule has 5 heteroatoms. The van der Waals surface area contributed by atoms with Crippen LogP contribution in [0.5, 0.6) is 0 Å². The third-order valence-corrected chi connectivity index (χ3v) is 4.27. The zero-order chi connectivity index (χ0) is 13.1. The smallest absolute Gasteiger partial charge is 0.307 e. The summed E-state index contributed by atoms with van der Waals surface area (Å²) >= 11 is 6.92. The molecule has 0 amide bonds. The van der Waals surface area contributed by atoms with Gasteiger partial charge < -0.3 is 9.30 Å². The van der Waals surface area contributed by atoms with Gasteiger partial charge in [0, 0.05) is 6.54 Å². The first kappa shape index (κ1) is 13.2. The third kappa shape index (κ3) is 2.79. The Bertz CT molecular complexity index is 566. The standard InChI is InChI=1S/C13H15NO2S2/c1-9-3-5-10-11(6-4-9)18-13(17)14(10)8-7-12(15)16-2/h3-6,9H,7-8H2,1-2H3. The summed E-state index contributed by atoms with van der Waals surface area (Å²) in [6.07, 6.45) is 8.83. The monoisotopic (exact) mass is 281 g/mol. The number of aromatic nitrogens is 1. The average Bonchev–Trinajstić information content (AvgIpc) is 2.55. The highest BCUT2D eigenvalue weighted by Gasteiger charge is 2.12. The van der Waals surface area contributed by atoms with Gasteiger partial charge in [0.15, 0.2) is 3.95 Å². The van der Waals surface area contributed by atoms with Gasteiger partial charge in [0.2, 0.25) is 0 Å². The number of fused-ring (bicyclic) bond motifs is 1. The molecule has 1 aromatic rings. The lowest BCUT2D eigenvalue weighted by Gasteiger charge is -2.05. The van der Waals surface area contributed by atoms with Gasteiger partial charge in [-0.2, -0.15) is 0 Å². The fraction of sp³-hybridized carbons (Fsp3) is 0.385. The van der Waals surface area contributed by atoms with Gasteiger partial charge in [0.05, 0.1) is 24.1 Å². The van der Waals surface area contributed by atoms with Crippen molar-refractivity contribution in [3.63, 3.8) is 0 Å². The minimum absolute atomic E-state index is 0.210. The quantitative estimate of drug-likeness (QED) is 0.627. The number of nitrogens with zero attached hydrogens (tertiary/aromatic N) is 1. The van der Waals surface area contributed by atoms with Gasteiger partial charge in [-0.15, -0.1) is 11.3 Å². The summed E-state index contributed by atoms with van der Waals surface area (Å²) in [6.45, 7) is 2.71. The number of ether oxygens (including phenoxy) is 1. The van der Waals surface area contributed by atoms with E-state index in [0.29, 0.717) is 18.9 Å². The Morgan fingerprint density at radius 2 is 2.22 bits per heavy atom. The van der Waals surface area contributed by atoms with Crippen molar-refractivity contribution in [2.75, 3.05) is 7.11 Å². The van der Waals surface area contributed by atoms with Crippen LogP contribution in [0.1, 0.15) is 23.9 Å². The molecule has 18 heavy (non-hydrogen) atoms. The number of methoxy groups -OCH3 is 1. The minimum atomic E-state index is -0.210. The molecule has 1 aliphatic rings. The number of allylic oxidation sites excluding steroid dienone is 2. The van der Waals surface area contributed by atoms with Crippen molar-refractivity contribution in [3.05, 3.63) is 26.7 Å². The van der Waals surface area contributed by atoms with E-state index in [1.165, 1.54) is 7.11 Å². The topological polar surface area (TPSA) is 31.2 Å². The Morgan fingerprint density at radius 3 is 2.94 bits per heavy atom. The van der Waals surface area contributed by atoms with E-state index in [-0.39, 0.29) is 5.97 Å². The van der Waals surface area contributed by atoms with Crippen molar-refractivity contribution in [3.8, 4) is 0 Å². The molecule has 0 saturated carbocycles. The van der Waals surface area contributed by atoms with Crippen LogP contribution in [-0.2, 0) is 16.1 Å². The van der Waals surface area contributed by atoms with E-state index in [1.54, 1.807) is 11.3 Å². The van der Waals surface area contributed by atoms with Crippen molar-refractivity contribution >= 4 is 41.7 Å². The maximum atomic E-state index is 11.2. The summed E-state index contributed by atoms with van der Waals surface area (Å²) in [5.74, 6) is 0.214. The molecule has 0 saturated heterocycles. The van der Waals surface area contributed by atoms with E-state index in [1.807, 2.05) is 4.57 Å². The summed E-state index contributed by atoms with van der Waals surface area (Å²) in [6, 6.07) is 0. The Kier molecular flexibility index (Phi) is 4.14. The highest BCUT2D eigenvalue weighted by Crippen LogP contribution is 2.26. The average molecular weight is 281 g/mol. The van der Waals surface area contributed by atoms with Gasteiger partial charge >= 0.3 is 5.97 Å². The molecule has 0 aliphatic heterocycles. The highest BCUT2D eigenvalue weighted by atomic mass is 32.1. The number of thiazole rings is 1. The predicted molar refractivity (Wildman–Crippen MR) is 77.0 cm³/mol. The Hall–Kier alpha value is -1.20. The lowest BCUT2D eigenvalue weighted by atomic mass is 10.2. The van der Waals surface area contributed by atoms with Gasteiger partial charge in [-0.25, -0.2) is 0 Å². The second-order valence-electron chi connectivity index (χ2n) is 4.17. The maximum absolute atomic E-state index is 11.2. The maximum Gasteiger partial charge on any atom is 0.307 e. The van der Waals surface area contributed by atoms with Crippen LogP contribution in [0.15, 0.2) is 12.2 Å². The van der Waals surface area contributed by atoms with Crippen molar-refractivity contribution in [2.45, 2.75) is 19.9 Å². The molecule has 1 unspecified atom stereocenters. The number of carbonyl (C=O) groups is 1. The Morgan fingerprint density at radius 1 is 1.50 bits per heavy atom. The van der Waals surface area contributed by atoms with Crippen LogP contribution >= 0.6 is 23.6 Å². The molecule has 3 nitrogen and oxygen atoms in total. The zero-order valence-corrected chi connectivity index (χ0v) is 12.0. The minimum Gasteiger partial charge on any atom is -0.469 e. The molecule has 1 aromatic heterocycles. The highest BCUT2D eigenvalue weighted by molar-refractivity contribution is 7.73. The molecule has 1 aliphatic carbocycles. The Balaban J connectivity index is 2.30. The van der Waals surface area contributed by atoms with Gasteiger partial charge in [-0.1, -0.05) is 19.1 Å². The van der Waals surface area contributed by atoms with E-state index >= 15 is 0 Å². The number of rotatable bonds is 3. The summed E-state index contributed by atoms with van der Waals surface area (Å²) in [5.41, 5.74) is 1.09. The molecule has 1 heterocycles. The lowest BCUT2D eigenvalue weighted by Crippen LogP contribution is -2.08. The second-order valence-corrected chi connectivity index (χ2v) is 5.85. The zero-order valence-electron chi connectivity index (χ0n) is 10.4. The lowest BCUT2D eigenvalue weighted by molar-refractivity contribution is -0.140. The molecular weight excluding hydrogens is 266 g/mol. The van der Waals surface area contributed by atoms with Gasteiger partial charge in [-0.05, 0) is 30.3 Å². The first-order chi connectivity index (χ1) is 8.61. The van der Waals surface area contributed by atoms with E-state index in [4.69, 9.17) is 12.2 Å². The van der Waals surface area contributed by atoms with Gasteiger partial charge in [0.25, 0.3) is 0 Å². The van der Waals surface area contributed by atoms with E-state index in [9.17, 15) is 4.79 Å². The van der Waals surface area contributed by atoms with E-state index < -0.39 is 0 Å². The molecule has 1 atom stereocenters. The van der Waals surface area contributed by atoms with Crippen molar-refractivity contribution in [1.29, 1.82) is 0 Å². The van der Waals surface area contributed by atoms with E-state index in [0.717, 1.165) is 14.5 Å². The van der Waals surface area contributed by atoms with Crippen LogP contribution in [0.25, 0.3) is 12.2 Å². The predicted octanol–water partition coefficient (Wildman–Crippen LogP) is 3.52. The molecule has 0 radical (unpaired) electrons. The molecule has 0 aromatic carbocycles. The van der Waals surface area contributed by atoms with Crippen molar-refractivity contribution < 1.29 is 9.53 Å². The largest absolute Gasteiger partial charge is 0.469 e. The SMILES string of the molecule is COC(=O)CCn1c2c(sc1=S)C=CC(C)C=C2. The molecule has 0 bridgehead atoms. The fourth-order valence-corrected chi connectivity index (χ4v) is 3.16. The van der Waals surface area contributed by atoms with Crippen LogP contribution in [-0.4, -0.2) is 17.6 Å². The van der Waals surface area contributed by atoms with Gasteiger partial charge in [-0.3, -0.25) is 4.79 Å². The van der Waals surface area contributed by atoms with Crippen LogP contribution in [0.3, 0.4) is 0 Å². The van der Waals surface area contributed by atoms with E-state index in [2.05, 4.69) is 36.0 Å². The van der Waals surface area contributed by atoms with Crippen LogP contribution in [0.2, 0.25) is 0 Å². The molecule has 96 valence electrons. The summed E-state index contributed by atoms with van der Waals surface area (Å²) in [5, 5.41) is 0. The summed E-state index contributed by atoms with van der Waals surface area (Å²) in [7, 11) is 1.40. The number of hydrogen-bond donors (Lipinski definition) is 0. The first-order valence-electron chi connectivity index (χ1n) is 5.78. The number of esters is 1.